The fourth-order valence-electron chi connectivity index (χ4n) is 2.17. The Labute approximate surface area is 121 Å². The Bertz CT molecular complexity index is 445. The van der Waals surface area contributed by atoms with E-state index in [4.69, 9.17) is 33.0 Å². The number of rotatable bonds is 4. The molecule has 1 fully saturated rings. The van der Waals surface area contributed by atoms with Crippen LogP contribution >= 0.6 is 23.2 Å². The molecule has 1 N–H and O–H groups in total. The molecule has 0 radical (unpaired) electrons. The van der Waals surface area contributed by atoms with E-state index in [-0.39, 0.29) is 17.7 Å². The molecular weight excluding hydrogens is 292 g/mol. The number of benzene rings is 1. The SMILES string of the molecule is OCCCN1CCOC(c2cc(F)c(Cl)cc2Cl)C1. The van der Waals surface area contributed by atoms with Crippen molar-refractivity contribution >= 4 is 23.2 Å². The van der Waals surface area contributed by atoms with Gasteiger partial charge in [-0.3, -0.25) is 4.90 Å². The molecule has 1 aliphatic heterocycles. The van der Waals surface area contributed by atoms with Crippen molar-refractivity contribution in [1.29, 1.82) is 0 Å². The Morgan fingerprint density at radius 3 is 2.89 bits per heavy atom. The Kier molecular flexibility index (Phi) is 5.42. The number of morpholine rings is 1. The van der Waals surface area contributed by atoms with Crippen LogP contribution in [0, 0.1) is 5.82 Å². The quantitative estimate of drug-likeness (QED) is 0.868. The maximum Gasteiger partial charge on any atom is 0.142 e. The summed E-state index contributed by atoms with van der Waals surface area (Å²) in [5.41, 5.74) is 0.622. The van der Waals surface area contributed by atoms with Gasteiger partial charge in [0, 0.05) is 36.8 Å². The first-order valence-corrected chi connectivity index (χ1v) is 6.96. The van der Waals surface area contributed by atoms with Gasteiger partial charge in [0.05, 0.1) is 17.7 Å². The van der Waals surface area contributed by atoms with Crippen molar-refractivity contribution in [1.82, 2.24) is 4.90 Å². The third-order valence-corrected chi connectivity index (χ3v) is 3.79. The van der Waals surface area contributed by atoms with Gasteiger partial charge < -0.3 is 9.84 Å². The molecule has 2 rings (SSSR count). The number of hydrogen-bond donors (Lipinski definition) is 1. The maximum absolute atomic E-state index is 13.5. The predicted molar refractivity (Wildman–Crippen MR) is 73.3 cm³/mol. The van der Waals surface area contributed by atoms with Crippen molar-refractivity contribution in [2.45, 2.75) is 12.5 Å². The normalized spacial score (nSPS) is 20.7. The maximum atomic E-state index is 13.5. The molecule has 0 aliphatic carbocycles. The average Bonchev–Trinajstić information content (AvgIpc) is 2.41. The van der Waals surface area contributed by atoms with Crippen LogP contribution in [0.5, 0.6) is 0 Å². The third kappa shape index (κ3) is 3.80. The fourth-order valence-corrected chi connectivity index (χ4v) is 2.68. The standard InChI is InChI=1S/C13H16Cl2FNO2/c14-10-7-11(15)12(16)6-9(10)13-8-17(2-1-4-18)3-5-19-13/h6-7,13,18H,1-5,8H2. The van der Waals surface area contributed by atoms with Gasteiger partial charge in [0.25, 0.3) is 0 Å². The predicted octanol–water partition coefficient (Wildman–Crippen LogP) is 2.89. The van der Waals surface area contributed by atoms with Crippen molar-refractivity contribution in [3.63, 3.8) is 0 Å². The highest BCUT2D eigenvalue weighted by atomic mass is 35.5. The molecule has 1 saturated heterocycles. The second-order valence-electron chi connectivity index (χ2n) is 4.53. The number of ether oxygens (including phenoxy) is 1. The van der Waals surface area contributed by atoms with Crippen molar-refractivity contribution in [2.24, 2.45) is 0 Å². The number of hydrogen-bond acceptors (Lipinski definition) is 3. The van der Waals surface area contributed by atoms with Crippen LogP contribution in [0.2, 0.25) is 10.0 Å². The summed E-state index contributed by atoms with van der Waals surface area (Å²) in [7, 11) is 0. The van der Waals surface area contributed by atoms with E-state index in [0.717, 1.165) is 19.5 Å². The van der Waals surface area contributed by atoms with Gasteiger partial charge in [-0.25, -0.2) is 4.39 Å². The molecular formula is C13H16Cl2FNO2. The van der Waals surface area contributed by atoms with Gasteiger partial charge in [0.2, 0.25) is 0 Å². The molecule has 0 bridgehead atoms. The highest BCUT2D eigenvalue weighted by Gasteiger charge is 2.24. The van der Waals surface area contributed by atoms with Gasteiger partial charge in [-0.1, -0.05) is 23.2 Å². The second kappa shape index (κ2) is 6.86. The van der Waals surface area contributed by atoms with Crippen LogP contribution in [0.15, 0.2) is 12.1 Å². The highest BCUT2D eigenvalue weighted by Crippen LogP contribution is 2.32. The van der Waals surface area contributed by atoms with Crippen LogP contribution in [0.4, 0.5) is 4.39 Å². The first-order valence-electron chi connectivity index (χ1n) is 6.21. The zero-order chi connectivity index (χ0) is 13.8. The summed E-state index contributed by atoms with van der Waals surface area (Å²) in [6.07, 6.45) is 0.460. The summed E-state index contributed by atoms with van der Waals surface area (Å²) < 4.78 is 19.2. The van der Waals surface area contributed by atoms with E-state index in [9.17, 15) is 4.39 Å². The molecule has 1 aliphatic rings. The van der Waals surface area contributed by atoms with Crippen molar-refractivity contribution in [3.8, 4) is 0 Å². The van der Waals surface area contributed by atoms with E-state index >= 15 is 0 Å². The summed E-state index contributed by atoms with van der Waals surface area (Å²) in [6.45, 7) is 2.98. The zero-order valence-electron chi connectivity index (χ0n) is 10.4. The number of halogens is 3. The van der Waals surface area contributed by atoms with Crippen LogP contribution < -0.4 is 0 Å². The monoisotopic (exact) mass is 307 g/mol. The molecule has 6 heteroatoms. The van der Waals surface area contributed by atoms with E-state index < -0.39 is 5.82 Å². The summed E-state index contributed by atoms with van der Waals surface area (Å²) >= 11 is 11.8. The van der Waals surface area contributed by atoms with Crippen molar-refractivity contribution < 1.29 is 14.2 Å². The minimum Gasteiger partial charge on any atom is -0.396 e. The van der Waals surface area contributed by atoms with Crippen molar-refractivity contribution in [3.05, 3.63) is 33.6 Å². The van der Waals surface area contributed by atoms with Crippen LogP contribution in [-0.2, 0) is 4.74 Å². The first-order chi connectivity index (χ1) is 9.11. The minimum atomic E-state index is -0.489. The van der Waals surface area contributed by atoms with E-state index in [1.807, 2.05) is 0 Å². The molecule has 1 aromatic rings. The third-order valence-electron chi connectivity index (χ3n) is 3.17. The van der Waals surface area contributed by atoms with Crippen LogP contribution in [0.1, 0.15) is 18.1 Å². The fraction of sp³-hybridized carbons (Fsp3) is 0.538. The summed E-state index contributed by atoms with van der Waals surface area (Å²) in [5.74, 6) is -0.489. The molecule has 3 nitrogen and oxygen atoms in total. The number of nitrogens with zero attached hydrogens (tertiary/aromatic N) is 1. The van der Waals surface area contributed by atoms with Crippen molar-refractivity contribution in [2.75, 3.05) is 32.8 Å². The average molecular weight is 308 g/mol. The second-order valence-corrected chi connectivity index (χ2v) is 5.34. The highest BCUT2D eigenvalue weighted by molar-refractivity contribution is 6.35. The lowest BCUT2D eigenvalue weighted by molar-refractivity contribution is -0.0313. The molecule has 1 unspecified atom stereocenters. The smallest absolute Gasteiger partial charge is 0.142 e. The summed E-state index contributed by atoms with van der Waals surface area (Å²) in [4.78, 5) is 2.17. The first kappa shape index (κ1) is 15.0. The molecule has 0 aromatic heterocycles. The Hall–Kier alpha value is -0.390. The molecule has 1 heterocycles. The van der Waals surface area contributed by atoms with Crippen LogP contribution in [0.25, 0.3) is 0 Å². The van der Waals surface area contributed by atoms with Gasteiger partial charge in [-0.05, 0) is 18.6 Å². The summed E-state index contributed by atoms with van der Waals surface area (Å²) in [6, 6.07) is 2.74. The molecule has 1 atom stereocenters. The van der Waals surface area contributed by atoms with E-state index in [1.165, 1.54) is 12.1 Å². The van der Waals surface area contributed by atoms with E-state index in [1.54, 1.807) is 0 Å². The molecule has 0 saturated carbocycles. The molecule has 1 aromatic carbocycles. The van der Waals surface area contributed by atoms with E-state index in [0.29, 0.717) is 23.7 Å². The lowest BCUT2D eigenvalue weighted by atomic mass is 10.1. The minimum absolute atomic E-state index is 0.0155. The van der Waals surface area contributed by atoms with Gasteiger partial charge in [0.15, 0.2) is 0 Å². The number of aliphatic hydroxyl groups excluding tert-OH is 1. The van der Waals surface area contributed by atoms with Gasteiger partial charge in [-0.2, -0.15) is 0 Å². The van der Waals surface area contributed by atoms with Gasteiger partial charge in [-0.15, -0.1) is 0 Å². The molecule has 106 valence electrons. The topological polar surface area (TPSA) is 32.7 Å². The van der Waals surface area contributed by atoms with E-state index in [2.05, 4.69) is 4.90 Å². The Morgan fingerprint density at radius 2 is 2.16 bits per heavy atom. The van der Waals surface area contributed by atoms with Crippen LogP contribution in [-0.4, -0.2) is 42.9 Å². The Morgan fingerprint density at radius 1 is 1.37 bits per heavy atom. The molecule has 19 heavy (non-hydrogen) atoms. The largest absolute Gasteiger partial charge is 0.396 e. The van der Waals surface area contributed by atoms with Gasteiger partial charge in [0.1, 0.15) is 5.82 Å². The number of aliphatic hydroxyl groups is 1. The zero-order valence-corrected chi connectivity index (χ0v) is 11.9. The Balaban J connectivity index is 2.10. The van der Waals surface area contributed by atoms with Crippen LogP contribution in [0.3, 0.4) is 0 Å². The molecule has 0 amide bonds. The molecule has 0 spiro atoms. The lowest BCUT2D eigenvalue weighted by Gasteiger charge is -2.33. The summed E-state index contributed by atoms with van der Waals surface area (Å²) in [5, 5.41) is 9.28. The van der Waals surface area contributed by atoms with Gasteiger partial charge >= 0.3 is 0 Å². The lowest BCUT2D eigenvalue weighted by Crippen LogP contribution is -2.39.